The van der Waals surface area contributed by atoms with Crippen molar-refractivity contribution in [1.29, 1.82) is 0 Å². The van der Waals surface area contributed by atoms with Crippen molar-refractivity contribution in [3.63, 3.8) is 0 Å². The number of amides is 1. The molecule has 0 saturated carbocycles. The Morgan fingerprint density at radius 3 is 2.43 bits per heavy atom. The third kappa shape index (κ3) is 6.58. The zero-order valence-electron chi connectivity index (χ0n) is 21.2. The topological polar surface area (TPSA) is 78.4 Å². The summed E-state index contributed by atoms with van der Waals surface area (Å²) in [6.07, 6.45) is 1.73. The molecular formula is C30H30N2O5. The molecule has 0 bridgehead atoms. The van der Waals surface area contributed by atoms with Gasteiger partial charge >= 0.3 is 0 Å². The zero-order valence-corrected chi connectivity index (χ0v) is 21.2. The maximum Gasteiger partial charge on any atom is 0.244 e. The highest BCUT2D eigenvalue weighted by Gasteiger charge is 2.10. The van der Waals surface area contributed by atoms with E-state index < -0.39 is 0 Å². The number of benzene rings is 4. The molecule has 0 aliphatic heterocycles. The van der Waals surface area contributed by atoms with Gasteiger partial charge in [-0.3, -0.25) is 4.79 Å². The molecule has 37 heavy (non-hydrogen) atoms. The van der Waals surface area contributed by atoms with E-state index in [0.717, 1.165) is 22.1 Å². The molecule has 1 amide bonds. The monoisotopic (exact) mass is 498 g/mol. The van der Waals surface area contributed by atoms with Gasteiger partial charge in [0.2, 0.25) is 5.91 Å². The minimum atomic E-state index is -0.247. The van der Waals surface area contributed by atoms with Crippen LogP contribution in [0.25, 0.3) is 10.8 Å². The summed E-state index contributed by atoms with van der Waals surface area (Å²) in [5.41, 5.74) is 5.22. The van der Waals surface area contributed by atoms with Crippen LogP contribution in [0.15, 0.2) is 84.0 Å². The number of nitrogens with one attached hydrogen (secondary N) is 1. The average Bonchev–Trinajstić information content (AvgIpc) is 2.92. The highest BCUT2D eigenvalue weighted by molar-refractivity contribution is 5.86. The van der Waals surface area contributed by atoms with Crippen molar-refractivity contribution in [2.45, 2.75) is 20.0 Å². The molecule has 0 spiro atoms. The minimum absolute atomic E-state index is 0.156. The molecule has 190 valence electrons. The minimum Gasteiger partial charge on any atom is -0.493 e. The lowest BCUT2D eigenvalue weighted by Gasteiger charge is -2.13. The summed E-state index contributed by atoms with van der Waals surface area (Å²) in [6.45, 7) is 2.83. The summed E-state index contributed by atoms with van der Waals surface area (Å²) in [4.78, 5) is 12.4. The highest BCUT2D eigenvalue weighted by atomic mass is 16.5. The van der Waals surface area contributed by atoms with Gasteiger partial charge in [-0.15, -0.1) is 0 Å². The number of rotatable bonds is 11. The summed E-state index contributed by atoms with van der Waals surface area (Å²) in [6, 6.07) is 25.3. The highest BCUT2D eigenvalue weighted by Crippen LogP contribution is 2.30. The van der Waals surface area contributed by atoms with E-state index in [1.807, 2.05) is 49.4 Å². The van der Waals surface area contributed by atoms with Crippen molar-refractivity contribution in [1.82, 2.24) is 5.43 Å². The third-order valence-corrected chi connectivity index (χ3v) is 5.75. The van der Waals surface area contributed by atoms with Gasteiger partial charge in [0.15, 0.2) is 23.0 Å². The normalized spacial score (nSPS) is 10.9. The van der Waals surface area contributed by atoms with E-state index in [2.05, 4.69) is 34.8 Å². The molecule has 7 heteroatoms. The SMILES string of the molecule is CCOc1cc(/C=N/NC(=O)Cc2ccc(OC)c(OC)c2)ccc1OCc1cccc2ccccc12. The Morgan fingerprint density at radius 2 is 1.62 bits per heavy atom. The maximum absolute atomic E-state index is 12.4. The van der Waals surface area contributed by atoms with Crippen molar-refractivity contribution in [2.75, 3.05) is 20.8 Å². The van der Waals surface area contributed by atoms with Gasteiger partial charge in [-0.1, -0.05) is 48.5 Å². The average molecular weight is 499 g/mol. The van der Waals surface area contributed by atoms with Crippen LogP contribution < -0.4 is 24.4 Å². The van der Waals surface area contributed by atoms with Gasteiger partial charge in [0.25, 0.3) is 0 Å². The van der Waals surface area contributed by atoms with Crippen LogP contribution in [0.2, 0.25) is 0 Å². The van der Waals surface area contributed by atoms with Crippen LogP contribution in [0.5, 0.6) is 23.0 Å². The standard InChI is InChI=1S/C30H30N2O5/c1-4-36-29-17-22(19-31-32-30(33)18-21-12-14-26(34-2)28(16-21)35-3)13-15-27(29)37-20-24-10-7-9-23-8-5-6-11-25(23)24/h5-17,19H,4,18,20H2,1-3H3,(H,32,33)/b31-19+. The molecule has 0 radical (unpaired) electrons. The van der Waals surface area contributed by atoms with E-state index in [0.29, 0.717) is 36.2 Å². The van der Waals surface area contributed by atoms with Gasteiger partial charge in [0.1, 0.15) is 6.61 Å². The Kier molecular flexibility index (Phi) is 8.60. The Morgan fingerprint density at radius 1 is 0.838 bits per heavy atom. The van der Waals surface area contributed by atoms with Crippen LogP contribution in [0.1, 0.15) is 23.6 Å². The summed E-state index contributed by atoms with van der Waals surface area (Å²) < 4.78 is 22.5. The number of carbonyl (C=O) groups is 1. The number of methoxy groups -OCH3 is 2. The Labute approximate surface area is 216 Å². The Balaban J connectivity index is 1.39. The predicted octanol–water partition coefficient (Wildman–Crippen LogP) is 5.53. The van der Waals surface area contributed by atoms with Gasteiger partial charge in [-0.2, -0.15) is 5.10 Å². The fraction of sp³-hybridized carbons (Fsp3) is 0.200. The number of ether oxygens (including phenoxy) is 4. The first kappa shape index (κ1) is 25.6. The van der Waals surface area contributed by atoms with Crippen LogP contribution in [0, 0.1) is 0 Å². The second-order valence-electron chi connectivity index (χ2n) is 8.23. The van der Waals surface area contributed by atoms with Gasteiger partial charge in [-0.25, -0.2) is 5.43 Å². The van der Waals surface area contributed by atoms with Crippen LogP contribution in [-0.2, 0) is 17.8 Å². The largest absolute Gasteiger partial charge is 0.493 e. The quantitative estimate of drug-likeness (QED) is 0.217. The number of carbonyl (C=O) groups excluding carboxylic acids is 1. The van der Waals surface area contributed by atoms with Gasteiger partial charge in [-0.05, 0) is 64.7 Å². The molecule has 0 aliphatic rings. The summed E-state index contributed by atoms with van der Waals surface area (Å²) in [5.74, 6) is 2.19. The van der Waals surface area contributed by atoms with Crippen LogP contribution in [-0.4, -0.2) is 32.9 Å². The number of fused-ring (bicyclic) bond motifs is 1. The van der Waals surface area contributed by atoms with E-state index >= 15 is 0 Å². The van der Waals surface area contributed by atoms with Crippen LogP contribution >= 0.6 is 0 Å². The molecule has 0 aliphatic carbocycles. The lowest BCUT2D eigenvalue weighted by molar-refractivity contribution is -0.120. The maximum atomic E-state index is 12.4. The van der Waals surface area contributed by atoms with E-state index in [9.17, 15) is 4.79 Å². The van der Waals surface area contributed by atoms with E-state index in [-0.39, 0.29) is 12.3 Å². The van der Waals surface area contributed by atoms with E-state index in [4.69, 9.17) is 18.9 Å². The molecule has 1 N–H and O–H groups in total. The summed E-state index contributed by atoms with van der Waals surface area (Å²) in [5, 5.41) is 6.43. The Hall–Kier alpha value is -4.52. The lowest BCUT2D eigenvalue weighted by atomic mass is 10.1. The molecule has 0 heterocycles. The van der Waals surface area contributed by atoms with Crippen molar-refractivity contribution in [3.8, 4) is 23.0 Å². The summed E-state index contributed by atoms with van der Waals surface area (Å²) in [7, 11) is 3.13. The molecule has 0 unspecified atom stereocenters. The Bertz CT molecular complexity index is 1390. The predicted molar refractivity (Wildman–Crippen MR) is 145 cm³/mol. The van der Waals surface area contributed by atoms with Gasteiger partial charge < -0.3 is 18.9 Å². The van der Waals surface area contributed by atoms with Crippen molar-refractivity contribution >= 4 is 22.9 Å². The summed E-state index contributed by atoms with van der Waals surface area (Å²) >= 11 is 0. The molecule has 0 atom stereocenters. The zero-order chi connectivity index (χ0) is 26.0. The van der Waals surface area contributed by atoms with E-state index in [1.165, 1.54) is 5.39 Å². The van der Waals surface area contributed by atoms with Crippen molar-refractivity contribution in [3.05, 3.63) is 95.6 Å². The molecule has 0 fully saturated rings. The van der Waals surface area contributed by atoms with Gasteiger partial charge in [0, 0.05) is 0 Å². The fourth-order valence-electron chi connectivity index (χ4n) is 3.96. The molecule has 4 rings (SSSR count). The van der Waals surface area contributed by atoms with Crippen molar-refractivity contribution in [2.24, 2.45) is 5.10 Å². The molecule has 0 aromatic heterocycles. The third-order valence-electron chi connectivity index (χ3n) is 5.75. The number of hydrazone groups is 1. The number of nitrogens with zero attached hydrogens (tertiary/aromatic N) is 1. The van der Waals surface area contributed by atoms with E-state index in [1.54, 1.807) is 32.6 Å². The molecule has 4 aromatic rings. The molecule has 0 saturated heterocycles. The first-order valence-electron chi connectivity index (χ1n) is 12.0. The fourth-order valence-corrected chi connectivity index (χ4v) is 3.96. The second-order valence-corrected chi connectivity index (χ2v) is 8.23. The van der Waals surface area contributed by atoms with Crippen LogP contribution in [0.3, 0.4) is 0 Å². The van der Waals surface area contributed by atoms with Gasteiger partial charge in [0.05, 0.1) is 33.5 Å². The molecular weight excluding hydrogens is 468 g/mol. The second kappa shape index (κ2) is 12.4. The number of hydrogen-bond acceptors (Lipinski definition) is 6. The first-order valence-corrected chi connectivity index (χ1v) is 12.0. The van der Waals surface area contributed by atoms with Crippen molar-refractivity contribution < 1.29 is 23.7 Å². The van der Waals surface area contributed by atoms with Crippen LogP contribution in [0.4, 0.5) is 0 Å². The first-order chi connectivity index (χ1) is 18.1. The number of hydrogen-bond donors (Lipinski definition) is 1. The lowest BCUT2D eigenvalue weighted by Crippen LogP contribution is -2.19. The smallest absolute Gasteiger partial charge is 0.244 e. The molecule has 7 nitrogen and oxygen atoms in total. The molecule has 4 aromatic carbocycles.